The van der Waals surface area contributed by atoms with Crippen LogP contribution in [0.25, 0.3) is 0 Å². The van der Waals surface area contributed by atoms with E-state index in [1.807, 2.05) is 0 Å². The van der Waals surface area contributed by atoms with Crippen LogP contribution in [0, 0.1) is 5.92 Å². The van der Waals surface area contributed by atoms with Crippen LogP contribution >= 0.6 is 11.3 Å². The van der Waals surface area contributed by atoms with Crippen LogP contribution in [0.4, 0.5) is 0 Å². The van der Waals surface area contributed by atoms with E-state index in [1.54, 1.807) is 18.4 Å². The molecule has 1 fully saturated rings. The molecule has 1 aliphatic rings. The summed E-state index contributed by atoms with van der Waals surface area (Å²) in [5.41, 5.74) is 1.19. The van der Waals surface area contributed by atoms with E-state index in [-0.39, 0.29) is 0 Å². The summed E-state index contributed by atoms with van der Waals surface area (Å²) in [6, 6.07) is 0.301. The summed E-state index contributed by atoms with van der Waals surface area (Å²) in [6.45, 7) is 7.66. The Balaban J connectivity index is 2.05. The van der Waals surface area contributed by atoms with Crippen molar-refractivity contribution >= 4 is 11.3 Å². The molecule has 0 radical (unpaired) electrons. The maximum absolute atomic E-state index is 5.53. The van der Waals surface area contributed by atoms with E-state index in [9.17, 15) is 0 Å². The third-order valence-electron chi connectivity index (χ3n) is 3.50. The van der Waals surface area contributed by atoms with Gasteiger partial charge in [0.05, 0.1) is 24.9 Å². The number of hydrogen-bond donors (Lipinski definition) is 1. The minimum absolute atomic E-state index is 0.301. The molecule has 0 spiro atoms. The fourth-order valence-corrected chi connectivity index (χ4v) is 3.44. The van der Waals surface area contributed by atoms with Crippen LogP contribution in [-0.2, 0) is 9.47 Å². The van der Waals surface area contributed by atoms with Crippen LogP contribution < -0.4 is 5.32 Å². The monoisotopic (exact) mass is 284 g/mol. The highest BCUT2D eigenvalue weighted by Gasteiger charge is 2.29. The molecule has 0 saturated carbocycles. The fourth-order valence-electron chi connectivity index (χ4n) is 2.30. The second kappa shape index (κ2) is 7.33. The minimum Gasteiger partial charge on any atom is -0.383 e. The summed E-state index contributed by atoms with van der Waals surface area (Å²) in [6.07, 6.45) is 1.11. The lowest BCUT2D eigenvalue weighted by Crippen LogP contribution is -2.31. The van der Waals surface area contributed by atoms with Gasteiger partial charge in [0, 0.05) is 31.6 Å². The molecule has 1 N–H and O–H groups in total. The molecule has 1 saturated heterocycles. The standard InChI is InChI=1S/C14H24N2O2S/c1-10(2)12-9-19-14(16-12)13(15-5-7-17-3)11-4-6-18-8-11/h9-11,13,15H,4-8H2,1-3H3. The zero-order valence-corrected chi connectivity index (χ0v) is 12.8. The smallest absolute Gasteiger partial charge is 0.110 e. The van der Waals surface area contributed by atoms with Gasteiger partial charge in [-0.2, -0.15) is 0 Å². The lowest BCUT2D eigenvalue weighted by molar-refractivity contribution is 0.168. The van der Waals surface area contributed by atoms with Crippen LogP contribution in [0.3, 0.4) is 0 Å². The molecule has 0 amide bonds. The number of nitrogens with zero attached hydrogens (tertiary/aromatic N) is 1. The average Bonchev–Trinajstić information content (AvgIpc) is 3.06. The molecule has 108 valence electrons. The number of hydrogen-bond acceptors (Lipinski definition) is 5. The fraction of sp³-hybridized carbons (Fsp3) is 0.786. The van der Waals surface area contributed by atoms with E-state index >= 15 is 0 Å². The molecule has 4 nitrogen and oxygen atoms in total. The van der Waals surface area contributed by atoms with Crippen molar-refractivity contribution in [3.05, 3.63) is 16.1 Å². The number of methoxy groups -OCH3 is 1. The Morgan fingerprint density at radius 2 is 2.42 bits per heavy atom. The molecule has 19 heavy (non-hydrogen) atoms. The molecular formula is C14H24N2O2S. The van der Waals surface area contributed by atoms with Gasteiger partial charge in [-0.3, -0.25) is 0 Å². The van der Waals surface area contributed by atoms with Crippen molar-refractivity contribution in [1.82, 2.24) is 10.3 Å². The first-order valence-corrected chi connectivity index (χ1v) is 7.85. The predicted octanol–water partition coefficient (Wildman–Crippen LogP) is 2.58. The molecule has 5 heteroatoms. The maximum atomic E-state index is 5.53. The van der Waals surface area contributed by atoms with Gasteiger partial charge in [0.25, 0.3) is 0 Å². The first-order chi connectivity index (χ1) is 9.22. The van der Waals surface area contributed by atoms with Crippen LogP contribution in [0.2, 0.25) is 0 Å². The number of aromatic nitrogens is 1. The molecule has 1 aromatic heterocycles. The van der Waals surface area contributed by atoms with Gasteiger partial charge >= 0.3 is 0 Å². The van der Waals surface area contributed by atoms with Crippen molar-refractivity contribution in [1.29, 1.82) is 0 Å². The van der Waals surface area contributed by atoms with Crippen molar-refractivity contribution in [3.8, 4) is 0 Å². The predicted molar refractivity (Wildman–Crippen MR) is 77.7 cm³/mol. The van der Waals surface area contributed by atoms with E-state index in [0.29, 0.717) is 17.9 Å². The molecule has 2 unspecified atom stereocenters. The van der Waals surface area contributed by atoms with Gasteiger partial charge in [-0.1, -0.05) is 13.8 Å². The Bertz CT molecular complexity index is 375. The Labute approximate surface area is 119 Å². The highest BCUT2D eigenvalue weighted by Crippen LogP contribution is 2.31. The van der Waals surface area contributed by atoms with Crippen molar-refractivity contribution in [3.63, 3.8) is 0 Å². The van der Waals surface area contributed by atoms with Crippen molar-refractivity contribution in [2.24, 2.45) is 5.92 Å². The molecule has 0 aliphatic carbocycles. The molecule has 0 aromatic carbocycles. The van der Waals surface area contributed by atoms with Gasteiger partial charge in [0.2, 0.25) is 0 Å². The van der Waals surface area contributed by atoms with Crippen LogP contribution in [0.5, 0.6) is 0 Å². The Morgan fingerprint density at radius 3 is 3.00 bits per heavy atom. The lowest BCUT2D eigenvalue weighted by atomic mass is 9.99. The summed E-state index contributed by atoms with van der Waals surface area (Å²) in [7, 11) is 1.73. The third-order valence-corrected chi connectivity index (χ3v) is 4.45. The molecule has 2 rings (SSSR count). The van der Waals surface area contributed by atoms with E-state index in [4.69, 9.17) is 14.5 Å². The van der Waals surface area contributed by atoms with Crippen LogP contribution in [-0.4, -0.2) is 38.5 Å². The van der Waals surface area contributed by atoms with E-state index < -0.39 is 0 Å². The highest BCUT2D eigenvalue weighted by atomic mass is 32.1. The zero-order chi connectivity index (χ0) is 13.7. The van der Waals surface area contributed by atoms with Gasteiger partial charge < -0.3 is 14.8 Å². The molecule has 1 aromatic rings. The van der Waals surface area contributed by atoms with Gasteiger partial charge in [-0.25, -0.2) is 4.98 Å². The molecule has 2 heterocycles. The highest BCUT2D eigenvalue weighted by molar-refractivity contribution is 7.09. The summed E-state index contributed by atoms with van der Waals surface area (Å²) >= 11 is 1.76. The first-order valence-electron chi connectivity index (χ1n) is 6.97. The number of ether oxygens (including phenoxy) is 2. The van der Waals surface area contributed by atoms with E-state index in [0.717, 1.165) is 32.8 Å². The average molecular weight is 284 g/mol. The third kappa shape index (κ3) is 3.99. The van der Waals surface area contributed by atoms with Crippen LogP contribution in [0.1, 0.15) is 42.9 Å². The molecular weight excluding hydrogens is 260 g/mol. The molecule has 1 aliphatic heterocycles. The maximum Gasteiger partial charge on any atom is 0.110 e. The summed E-state index contributed by atoms with van der Waals surface area (Å²) in [4.78, 5) is 4.79. The minimum atomic E-state index is 0.301. The molecule has 2 atom stereocenters. The summed E-state index contributed by atoms with van der Waals surface area (Å²) in [5.74, 6) is 1.02. The first kappa shape index (κ1) is 14.9. The van der Waals surface area contributed by atoms with Crippen molar-refractivity contribution in [2.45, 2.75) is 32.2 Å². The summed E-state index contributed by atoms with van der Waals surface area (Å²) in [5, 5.41) is 6.95. The lowest BCUT2D eigenvalue weighted by Gasteiger charge is -2.21. The van der Waals surface area contributed by atoms with Gasteiger partial charge in [-0.05, 0) is 12.3 Å². The van der Waals surface area contributed by atoms with E-state index in [1.165, 1.54) is 10.7 Å². The number of thiazole rings is 1. The second-order valence-corrected chi connectivity index (χ2v) is 6.20. The number of rotatable bonds is 7. The van der Waals surface area contributed by atoms with Gasteiger partial charge in [-0.15, -0.1) is 11.3 Å². The quantitative estimate of drug-likeness (QED) is 0.782. The van der Waals surface area contributed by atoms with Crippen molar-refractivity contribution in [2.75, 3.05) is 33.5 Å². The Hall–Kier alpha value is -0.490. The SMILES string of the molecule is COCCNC(c1nc(C(C)C)cs1)C1CCOC1. The Morgan fingerprint density at radius 1 is 1.58 bits per heavy atom. The largest absolute Gasteiger partial charge is 0.383 e. The van der Waals surface area contributed by atoms with Gasteiger partial charge in [0.15, 0.2) is 0 Å². The normalized spacial score (nSPS) is 21.2. The topological polar surface area (TPSA) is 43.4 Å². The van der Waals surface area contributed by atoms with Crippen LogP contribution in [0.15, 0.2) is 5.38 Å². The van der Waals surface area contributed by atoms with Crippen molar-refractivity contribution < 1.29 is 9.47 Å². The molecule has 0 bridgehead atoms. The van der Waals surface area contributed by atoms with Gasteiger partial charge in [0.1, 0.15) is 5.01 Å². The zero-order valence-electron chi connectivity index (χ0n) is 12.0. The summed E-state index contributed by atoms with van der Waals surface area (Å²) < 4.78 is 10.6. The second-order valence-electron chi connectivity index (χ2n) is 5.31. The Kier molecular flexibility index (Phi) is 5.76. The number of nitrogens with one attached hydrogen (secondary N) is 1. The van der Waals surface area contributed by atoms with E-state index in [2.05, 4.69) is 24.5 Å².